The fraction of sp³-hybridized carbons (Fsp3) is 0.467. The van der Waals surface area contributed by atoms with Crippen molar-refractivity contribution in [3.63, 3.8) is 0 Å². The molecular formula is C15H19NO4. The third-order valence-electron chi connectivity index (χ3n) is 3.45. The summed E-state index contributed by atoms with van der Waals surface area (Å²) in [5.41, 5.74) is 0.515. The average molecular weight is 277 g/mol. The highest BCUT2D eigenvalue weighted by molar-refractivity contribution is 5.97. The Balaban J connectivity index is 2.02. The number of amides is 1. The Morgan fingerprint density at radius 2 is 2.10 bits per heavy atom. The van der Waals surface area contributed by atoms with Crippen molar-refractivity contribution in [2.24, 2.45) is 0 Å². The van der Waals surface area contributed by atoms with Crippen molar-refractivity contribution >= 4 is 11.9 Å². The number of carboxylic acid groups (broad SMARTS) is 1. The van der Waals surface area contributed by atoms with E-state index in [9.17, 15) is 9.59 Å². The summed E-state index contributed by atoms with van der Waals surface area (Å²) < 4.78 is 5.61. The van der Waals surface area contributed by atoms with Gasteiger partial charge < -0.3 is 14.7 Å². The van der Waals surface area contributed by atoms with Crippen LogP contribution in [0.4, 0.5) is 0 Å². The maximum atomic E-state index is 12.3. The Morgan fingerprint density at radius 3 is 2.75 bits per heavy atom. The van der Waals surface area contributed by atoms with E-state index >= 15 is 0 Å². The van der Waals surface area contributed by atoms with Crippen LogP contribution in [0, 0.1) is 0 Å². The molecule has 0 spiro atoms. The van der Waals surface area contributed by atoms with E-state index in [0.717, 1.165) is 25.9 Å². The molecular weight excluding hydrogens is 258 g/mol. The largest absolute Gasteiger partial charge is 0.478 e. The lowest BCUT2D eigenvalue weighted by Gasteiger charge is -2.27. The van der Waals surface area contributed by atoms with E-state index in [-0.39, 0.29) is 17.6 Å². The SMILES string of the molecule is CN(CC1CCCCO1)C(=O)c1cccc(C(=O)O)c1. The molecule has 0 aliphatic carbocycles. The summed E-state index contributed by atoms with van der Waals surface area (Å²) in [6, 6.07) is 6.10. The minimum atomic E-state index is -1.03. The Labute approximate surface area is 118 Å². The van der Waals surface area contributed by atoms with Gasteiger partial charge in [0, 0.05) is 25.8 Å². The number of hydrogen-bond acceptors (Lipinski definition) is 3. The predicted octanol–water partition coefficient (Wildman–Crippen LogP) is 2.03. The van der Waals surface area contributed by atoms with Crippen LogP contribution >= 0.6 is 0 Å². The van der Waals surface area contributed by atoms with E-state index in [0.29, 0.717) is 12.1 Å². The summed E-state index contributed by atoms with van der Waals surface area (Å²) in [5.74, 6) is -1.21. The van der Waals surface area contributed by atoms with Crippen LogP contribution in [0.1, 0.15) is 40.0 Å². The van der Waals surface area contributed by atoms with Crippen LogP contribution in [0.15, 0.2) is 24.3 Å². The molecule has 1 aromatic rings. The van der Waals surface area contributed by atoms with Gasteiger partial charge in [0.05, 0.1) is 11.7 Å². The van der Waals surface area contributed by atoms with Gasteiger partial charge in [-0.15, -0.1) is 0 Å². The fourth-order valence-corrected chi connectivity index (χ4v) is 2.35. The van der Waals surface area contributed by atoms with Gasteiger partial charge >= 0.3 is 5.97 Å². The molecule has 1 amide bonds. The Morgan fingerprint density at radius 1 is 1.35 bits per heavy atom. The highest BCUT2D eigenvalue weighted by Crippen LogP contribution is 2.15. The van der Waals surface area contributed by atoms with Crippen LogP contribution < -0.4 is 0 Å². The molecule has 20 heavy (non-hydrogen) atoms. The van der Waals surface area contributed by atoms with Crippen molar-refractivity contribution in [3.8, 4) is 0 Å². The van der Waals surface area contributed by atoms with Gasteiger partial charge in [-0.1, -0.05) is 6.07 Å². The van der Waals surface area contributed by atoms with Crippen LogP contribution in [0.3, 0.4) is 0 Å². The van der Waals surface area contributed by atoms with Gasteiger partial charge in [-0.25, -0.2) is 4.79 Å². The zero-order valence-electron chi connectivity index (χ0n) is 11.5. The number of hydrogen-bond donors (Lipinski definition) is 1. The number of benzene rings is 1. The zero-order chi connectivity index (χ0) is 14.5. The number of aromatic carboxylic acids is 1. The zero-order valence-corrected chi connectivity index (χ0v) is 11.5. The molecule has 108 valence electrons. The summed E-state index contributed by atoms with van der Waals surface area (Å²) >= 11 is 0. The number of carbonyl (C=O) groups excluding carboxylic acids is 1. The summed E-state index contributed by atoms with van der Waals surface area (Å²) in [6.07, 6.45) is 3.25. The first-order valence-corrected chi connectivity index (χ1v) is 6.78. The molecule has 0 bridgehead atoms. The molecule has 1 N–H and O–H groups in total. The summed E-state index contributed by atoms with van der Waals surface area (Å²) in [4.78, 5) is 24.8. The van der Waals surface area contributed by atoms with E-state index in [1.165, 1.54) is 12.1 Å². The maximum Gasteiger partial charge on any atom is 0.335 e. The van der Waals surface area contributed by atoms with Gasteiger partial charge in [-0.05, 0) is 37.5 Å². The highest BCUT2D eigenvalue weighted by atomic mass is 16.5. The van der Waals surface area contributed by atoms with E-state index in [1.807, 2.05) is 0 Å². The van der Waals surface area contributed by atoms with Crippen LogP contribution in [0.5, 0.6) is 0 Å². The molecule has 1 aliphatic heterocycles. The van der Waals surface area contributed by atoms with Gasteiger partial charge in [-0.2, -0.15) is 0 Å². The van der Waals surface area contributed by atoms with Crippen molar-refractivity contribution in [1.82, 2.24) is 4.90 Å². The topological polar surface area (TPSA) is 66.8 Å². The highest BCUT2D eigenvalue weighted by Gasteiger charge is 2.20. The van der Waals surface area contributed by atoms with Gasteiger partial charge in [0.25, 0.3) is 5.91 Å². The monoisotopic (exact) mass is 277 g/mol. The second-order valence-corrected chi connectivity index (χ2v) is 5.06. The molecule has 1 fully saturated rings. The van der Waals surface area contributed by atoms with Crippen molar-refractivity contribution < 1.29 is 19.4 Å². The Bertz CT molecular complexity index is 494. The Hall–Kier alpha value is -1.88. The molecule has 1 aromatic carbocycles. The molecule has 1 aliphatic rings. The van der Waals surface area contributed by atoms with E-state index in [4.69, 9.17) is 9.84 Å². The van der Waals surface area contributed by atoms with E-state index in [1.54, 1.807) is 24.1 Å². The standard InChI is InChI=1S/C15H19NO4/c1-16(10-13-7-2-3-8-20-13)14(17)11-5-4-6-12(9-11)15(18)19/h4-6,9,13H,2-3,7-8,10H2,1H3,(H,18,19). The molecule has 1 heterocycles. The van der Waals surface area contributed by atoms with Crippen molar-refractivity contribution in [2.75, 3.05) is 20.2 Å². The first-order valence-electron chi connectivity index (χ1n) is 6.78. The Kier molecular flexibility index (Phi) is 4.74. The molecule has 5 nitrogen and oxygen atoms in total. The average Bonchev–Trinajstić information content (AvgIpc) is 2.47. The molecule has 0 saturated carbocycles. The third-order valence-corrected chi connectivity index (χ3v) is 3.45. The number of likely N-dealkylation sites (N-methyl/N-ethyl adjacent to an activating group) is 1. The van der Waals surface area contributed by atoms with E-state index < -0.39 is 5.97 Å². The minimum absolute atomic E-state index is 0.0837. The van der Waals surface area contributed by atoms with Crippen molar-refractivity contribution in [3.05, 3.63) is 35.4 Å². The molecule has 5 heteroatoms. The number of carbonyl (C=O) groups is 2. The molecule has 1 unspecified atom stereocenters. The summed E-state index contributed by atoms with van der Waals surface area (Å²) in [6.45, 7) is 1.29. The van der Waals surface area contributed by atoms with Crippen LogP contribution in [0.25, 0.3) is 0 Å². The van der Waals surface area contributed by atoms with Crippen LogP contribution in [-0.4, -0.2) is 48.2 Å². The molecule has 0 radical (unpaired) electrons. The van der Waals surface area contributed by atoms with Crippen molar-refractivity contribution in [2.45, 2.75) is 25.4 Å². The first-order chi connectivity index (χ1) is 9.58. The lowest BCUT2D eigenvalue weighted by molar-refractivity contribution is -0.000190. The molecule has 1 saturated heterocycles. The summed E-state index contributed by atoms with van der Waals surface area (Å²) in [5, 5.41) is 8.95. The smallest absolute Gasteiger partial charge is 0.335 e. The summed E-state index contributed by atoms with van der Waals surface area (Å²) in [7, 11) is 1.72. The number of carboxylic acids is 1. The second-order valence-electron chi connectivity index (χ2n) is 5.06. The maximum absolute atomic E-state index is 12.3. The fourth-order valence-electron chi connectivity index (χ4n) is 2.35. The predicted molar refractivity (Wildman–Crippen MR) is 74.0 cm³/mol. The van der Waals surface area contributed by atoms with Gasteiger partial charge in [-0.3, -0.25) is 4.79 Å². The second kappa shape index (κ2) is 6.52. The van der Waals surface area contributed by atoms with Crippen LogP contribution in [-0.2, 0) is 4.74 Å². The minimum Gasteiger partial charge on any atom is -0.478 e. The molecule has 2 rings (SSSR count). The van der Waals surface area contributed by atoms with Gasteiger partial charge in [0.2, 0.25) is 0 Å². The van der Waals surface area contributed by atoms with E-state index in [2.05, 4.69) is 0 Å². The normalized spacial score (nSPS) is 18.6. The first kappa shape index (κ1) is 14.5. The molecule has 1 atom stereocenters. The molecule has 0 aromatic heterocycles. The van der Waals surface area contributed by atoms with Crippen LogP contribution in [0.2, 0.25) is 0 Å². The quantitative estimate of drug-likeness (QED) is 0.914. The third kappa shape index (κ3) is 3.57. The number of rotatable bonds is 4. The lowest BCUT2D eigenvalue weighted by Crippen LogP contribution is -2.37. The number of nitrogens with zero attached hydrogens (tertiary/aromatic N) is 1. The number of ether oxygens (including phenoxy) is 1. The lowest BCUT2D eigenvalue weighted by atomic mass is 10.1. The van der Waals surface area contributed by atoms with Gasteiger partial charge in [0.15, 0.2) is 0 Å². The van der Waals surface area contributed by atoms with Crippen molar-refractivity contribution in [1.29, 1.82) is 0 Å². The van der Waals surface area contributed by atoms with Gasteiger partial charge in [0.1, 0.15) is 0 Å².